The highest BCUT2D eigenvalue weighted by atomic mass is 35.5. The summed E-state index contributed by atoms with van der Waals surface area (Å²) in [6, 6.07) is 14.0. The molecule has 0 spiro atoms. The van der Waals surface area contributed by atoms with Crippen LogP contribution >= 0.6 is 35.0 Å². The zero-order valence-corrected chi connectivity index (χ0v) is 19.6. The Labute approximate surface area is 192 Å². The highest BCUT2D eigenvalue weighted by molar-refractivity contribution is 8.00. The number of hydrogen-bond donors (Lipinski definition) is 1. The molecular weight excluding hydrogens is 439 g/mol. The van der Waals surface area contributed by atoms with Crippen molar-refractivity contribution < 1.29 is 9.59 Å². The molecule has 1 fully saturated rings. The van der Waals surface area contributed by atoms with Crippen LogP contribution in [0.25, 0.3) is 0 Å². The van der Waals surface area contributed by atoms with E-state index in [0.29, 0.717) is 27.3 Å². The fraction of sp³-hybridized carbons (Fsp3) is 0.391. The molecule has 4 nitrogen and oxygen atoms in total. The van der Waals surface area contributed by atoms with Crippen molar-refractivity contribution in [2.24, 2.45) is 5.92 Å². The van der Waals surface area contributed by atoms with Gasteiger partial charge in [0.25, 0.3) is 5.91 Å². The summed E-state index contributed by atoms with van der Waals surface area (Å²) in [5.74, 6) is 0.629. The first-order valence-corrected chi connectivity index (χ1v) is 11.8. The lowest BCUT2D eigenvalue weighted by atomic mass is 10.1. The molecule has 3 unspecified atom stereocenters. The average molecular weight is 465 g/mol. The predicted molar refractivity (Wildman–Crippen MR) is 125 cm³/mol. The molecule has 0 saturated carbocycles. The molecule has 3 atom stereocenters. The van der Waals surface area contributed by atoms with Gasteiger partial charge in [-0.3, -0.25) is 9.59 Å². The van der Waals surface area contributed by atoms with Gasteiger partial charge in [-0.25, -0.2) is 0 Å². The van der Waals surface area contributed by atoms with Gasteiger partial charge in [-0.05, 0) is 43.0 Å². The Morgan fingerprint density at radius 2 is 1.80 bits per heavy atom. The number of hydrogen-bond acceptors (Lipinski definition) is 3. The van der Waals surface area contributed by atoms with E-state index in [2.05, 4.69) is 19.2 Å². The first-order chi connectivity index (χ1) is 14.3. The Balaban J connectivity index is 1.83. The zero-order chi connectivity index (χ0) is 21.8. The summed E-state index contributed by atoms with van der Waals surface area (Å²) >= 11 is 13.8. The van der Waals surface area contributed by atoms with Crippen LogP contribution in [-0.2, 0) is 4.79 Å². The number of benzene rings is 2. The largest absolute Gasteiger partial charge is 0.348 e. The van der Waals surface area contributed by atoms with Gasteiger partial charge in [0.2, 0.25) is 5.91 Å². The van der Waals surface area contributed by atoms with E-state index in [1.165, 1.54) is 0 Å². The summed E-state index contributed by atoms with van der Waals surface area (Å²) in [7, 11) is 0. The SMILES string of the molecule is CC(C)CC1SCC(C(=O)NC(C)c2ccccc2)N1C(=O)c1ccc(Cl)c(Cl)c1. The van der Waals surface area contributed by atoms with Crippen LogP contribution in [0.5, 0.6) is 0 Å². The Bertz CT molecular complexity index is 907. The number of halogens is 2. The van der Waals surface area contributed by atoms with Crippen molar-refractivity contribution in [1.29, 1.82) is 0 Å². The van der Waals surface area contributed by atoms with Gasteiger partial charge in [0, 0.05) is 11.3 Å². The van der Waals surface area contributed by atoms with Gasteiger partial charge in [-0.1, -0.05) is 67.4 Å². The van der Waals surface area contributed by atoms with Crippen molar-refractivity contribution in [1.82, 2.24) is 10.2 Å². The molecule has 0 aromatic heterocycles. The summed E-state index contributed by atoms with van der Waals surface area (Å²) in [4.78, 5) is 28.3. The Morgan fingerprint density at radius 1 is 1.10 bits per heavy atom. The maximum absolute atomic E-state index is 13.4. The maximum Gasteiger partial charge on any atom is 0.255 e. The lowest BCUT2D eigenvalue weighted by molar-refractivity contribution is -0.125. The fourth-order valence-electron chi connectivity index (χ4n) is 3.54. The number of thioether (sulfide) groups is 1. The Kier molecular flexibility index (Phi) is 7.72. The van der Waals surface area contributed by atoms with Gasteiger partial charge in [-0.15, -0.1) is 11.8 Å². The van der Waals surface area contributed by atoms with Crippen LogP contribution in [0.1, 0.15) is 49.2 Å². The summed E-state index contributed by atoms with van der Waals surface area (Å²) in [6.07, 6.45) is 0.815. The monoisotopic (exact) mass is 464 g/mol. The number of amides is 2. The molecule has 1 N–H and O–H groups in total. The van der Waals surface area contributed by atoms with E-state index in [9.17, 15) is 9.59 Å². The number of carbonyl (C=O) groups is 2. The molecule has 7 heteroatoms. The van der Waals surface area contributed by atoms with E-state index < -0.39 is 6.04 Å². The van der Waals surface area contributed by atoms with Crippen LogP contribution in [0.3, 0.4) is 0 Å². The molecule has 160 valence electrons. The lowest BCUT2D eigenvalue weighted by Crippen LogP contribution is -2.50. The van der Waals surface area contributed by atoms with Gasteiger partial charge in [-0.2, -0.15) is 0 Å². The first kappa shape index (κ1) is 23.0. The quantitative estimate of drug-likeness (QED) is 0.587. The van der Waals surface area contributed by atoms with Crippen LogP contribution in [0.15, 0.2) is 48.5 Å². The fourth-order valence-corrected chi connectivity index (χ4v) is 5.47. The maximum atomic E-state index is 13.4. The van der Waals surface area contributed by atoms with E-state index in [1.54, 1.807) is 34.9 Å². The van der Waals surface area contributed by atoms with E-state index >= 15 is 0 Å². The molecule has 3 rings (SSSR count). The van der Waals surface area contributed by atoms with Crippen LogP contribution < -0.4 is 5.32 Å². The summed E-state index contributed by atoms with van der Waals surface area (Å²) < 4.78 is 0. The molecule has 0 aliphatic carbocycles. The van der Waals surface area contributed by atoms with Crippen molar-refractivity contribution in [2.75, 3.05) is 5.75 Å². The Hall–Kier alpha value is -1.69. The first-order valence-electron chi connectivity index (χ1n) is 10.0. The topological polar surface area (TPSA) is 49.4 Å². The molecule has 2 aromatic carbocycles. The number of nitrogens with zero attached hydrogens (tertiary/aromatic N) is 1. The predicted octanol–water partition coefficient (Wildman–Crippen LogP) is 5.80. The normalized spacial score (nSPS) is 19.7. The molecule has 2 amide bonds. The van der Waals surface area contributed by atoms with E-state index in [-0.39, 0.29) is 23.2 Å². The highest BCUT2D eigenvalue weighted by Gasteiger charge is 2.42. The summed E-state index contributed by atoms with van der Waals surface area (Å²) in [5, 5.41) is 3.74. The molecule has 1 aliphatic rings. The molecule has 1 saturated heterocycles. The van der Waals surface area contributed by atoms with Crippen molar-refractivity contribution in [3.63, 3.8) is 0 Å². The van der Waals surface area contributed by atoms with Crippen LogP contribution in [0, 0.1) is 5.92 Å². The van der Waals surface area contributed by atoms with Crippen molar-refractivity contribution >= 4 is 46.8 Å². The van der Waals surface area contributed by atoms with Gasteiger partial charge in [0.1, 0.15) is 6.04 Å². The molecular formula is C23H26Cl2N2O2S. The van der Waals surface area contributed by atoms with Gasteiger partial charge < -0.3 is 10.2 Å². The third kappa shape index (κ3) is 5.32. The summed E-state index contributed by atoms with van der Waals surface area (Å²) in [5.41, 5.74) is 1.46. The van der Waals surface area contributed by atoms with E-state index in [1.807, 2.05) is 37.3 Å². The van der Waals surface area contributed by atoms with E-state index in [0.717, 1.165) is 12.0 Å². The minimum Gasteiger partial charge on any atom is -0.348 e. The molecule has 1 heterocycles. The number of carbonyl (C=O) groups excluding carboxylic acids is 2. The lowest BCUT2D eigenvalue weighted by Gasteiger charge is -2.30. The average Bonchev–Trinajstić information content (AvgIpc) is 3.13. The van der Waals surface area contributed by atoms with Gasteiger partial charge in [0.15, 0.2) is 0 Å². The van der Waals surface area contributed by atoms with Crippen LogP contribution in [-0.4, -0.2) is 33.9 Å². The number of nitrogens with one attached hydrogen (secondary N) is 1. The molecule has 1 aliphatic heterocycles. The van der Waals surface area contributed by atoms with Crippen molar-refractivity contribution in [3.05, 3.63) is 69.7 Å². The molecule has 0 bridgehead atoms. The van der Waals surface area contributed by atoms with Gasteiger partial charge in [0.05, 0.1) is 21.5 Å². The van der Waals surface area contributed by atoms with Crippen LogP contribution in [0.2, 0.25) is 10.0 Å². The van der Waals surface area contributed by atoms with Crippen molar-refractivity contribution in [3.8, 4) is 0 Å². The third-order valence-corrected chi connectivity index (χ3v) is 7.18. The smallest absolute Gasteiger partial charge is 0.255 e. The third-order valence-electron chi connectivity index (χ3n) is 5.13. The minimum absolute atomic E-state index is 0.0604. The zero-order valence-electron chi connectivity index (χ0n) is 17.3. The molecule has 30 heavy (non-hydrogen) atoms. The number of rotatable bonds is 6. The van der Waals surface area contributed by atoms with Gasteiger partial charge >= 0.3 is 0 Å². The van der Waals surface area contributed by atoms with E-state index in [4.69, 9.17) is 23.2 Å². The highest BCUT2D eigenvalue weighted by Crippen LogP contribution is 2.35. The van der Waals surface area contributed by atoms with Crippen LogP contribution in [0.4, 0.5) is 0 Å². The molecule has 2 aromatic rings. The summed E-state index contributed by atoms with van der Waals surface area (Å²) in [6.45, 7) is 6.19. The second-order valence-corrected chi connectivity index (χ2v) is 9.94. The molecule has 0 radical (unpaired) electrons. The Morgan fingerprint density at radius 3 is 2.43 bits per heavy atom. The van der Waals surface area contributed by atoms with Crippen molar-refractivity contribution in [2.45, 2.75) is 44.6 Å². The standard InChI is InChI=1S/C23H26Cl2N2O2S/c1-14(2)11-21-27(23(29)17-9-10-18(24)19(25)12-17)20(13-30-21)22(28)26-15(3)16-7-5-4-6-8-16/h4-10,12,14-15,20-21H,11,13H2,1-3H3,(H,26,28). The second-order valence-electron chi connectivity index (χ2n) is 7.92. The minimum atomic E-state index is -0.535. The second kappa shape index (κ2) is 10.1.